The van der Waals surface area contributed by atoms with Crippen LogP contribution in [0.3, 0.4) is 0 Å². The van der Waals surface area contributed by atoms with Gasteiger partial charge >= 0.3 is 6.09 Å². The Bertz CT molecular complexity index is 405. The van der Waals surface area contributed by atoms with Crippen molar-refractivity contribution >= 4 is 17.5 Å². The van der Waals surface area contributed by atoms with Gasteiger partial charge in [-0.2, -0.15) is 0 Å². The number of morpholine rings is 1. The van der Waals surface area contributed by atoms with E-state index >= 15 is 0 Å². The van der Waals surface area contributed by atoms with E-state index in [1.54, 1.807) is 0 Å². The zero-order chi connectivity index (χ0) is 13.0. The van der Waals surface area contributed by atoms with E-state index in [0.717, 1.165) is 31.1 Å². The van der Waals surface area contributed by atoms with Gasteiger partial charge in [-0.05, 0) is 31.2 Å². The molecule has 0 radical (unpaired) electrons. The molecule has 1 amide bonds. The quantitative estimate of drug-likeness (QED) is 0.873. The minimum Gasteiger partial charge on any atom is -0.453 e. The van der Waals surface area contributed by atoms with Crippen molar-refractivity contribution in [1.82, 2.24) is 0 Å². The molecule has 5 nitrogen and oxygen atoms in total. The summed E-state index contributed by atoms with van der Waals surface area (Å²) >= 11 is 0. The molecule has 0 bridgehead atoms. The van der Waals surface area contributed by atoms with Crippen LogP contribution in [-0.2, 0) is 9.47 Å². The van der Waals surface area contributed by atoms with E-state index in [9.17, 15) is 4.79 Å². The molecule has 0 aromatic heterocycles. The standard InChI is InChI=1S/C13H18N2O3/c1-10-9-15(7-8-18-10)12-5-3-11(4-6-12)14-13(16)17-2/h3-6,10H,7-9H2,1-2H3,(H,14,16). The van der Waals surface area contributed by atoms with Crippen LogP contribution in [0.5, 0.6) is 0 Å². The molecule has 1 atom stereocenters. The lowest BCUT2D eigenvalue weighted by Crippen LogP contribution is -2.41. The molecule has 18 heavy (non-hydrogen) atoms. The Hall–Kier alpha value is -1.75. The number of rotatable bonds is 2. The topological polar surface area (TPSA) is 50.8 Å². The third-order valence-corrected chi connectivity index (χ3v) is 2.91. The van der Waals surface area contributed by atoms with Gasteiger partial charge in [0.25, 0.3) is 0 Å². The summed E-state index contributed by atoms with van der Waals surface area (Å²) in [5, 5.41) is 2.63. The lowest BCUT2D eigenvalue weighted by atomic mass is 10.2. The van der Waals surface area contributed by atoms with Gasteiger partial charge in [0, 0.05) is 24.5 Å². The maximum Gasteiger partial charge on any atom is 0.411 e. The van der Waals surface area contributed by atoms with Crippen LogP contribution in [0.2, 0.25) is 0 Å². The van der Waals surface area contributed by atoms with Crippen molar-refractivity contribution in [1.29, 1.82) is 0 Å². The summed E-state index contributed by atoms with van der Waals surface area (Å²) in [6.07, 6.45) is -0.200. The second kappa shape index (κ2) is 5.73. The molecule has 5 heteroatoms. The minimum atomic E-state index is -0.456. The molecular formula is C13H18N2O3. The van der Waals surface area contributed by atoms with E-state index in [4.69, 9.17) is 4.74 Å². The van der Waals surface area contributed by atoms with E-state index in [2.05, 4.69) is 21.9 Å². The molecule has 1 aliphatic rings. The van der Waals surface area contributed by atoms with Crippen LogP contribution in [0.15, 0.2) is 24.3 Å². The summed E-state index contributed by atoms with van der Waals surface area (Å²) in [5.74, 6) is 0. The molecule has 1 fully saturated rings. The number of benzene rings is 1. The Morgan fingerprint density at radius 2 is 2.17 bits per heavy atom. The van der Waals surface area contributed by atoms with Crippen molar-refractivity contribution < 1.29 is 14.3 Å². The first kappa shape index (κ1) is 12.7. The third-order valence-electron chi connectivity index (χ3n) is 2.91. The van der Waals surface area contributed by atoms with E-state index in [-0.39, 0.29) is 6.10 Å². The van der Waals surface area contributed by atoms with Crippen LogP contribution in [0, 0.1) is 0 Å². The first-order valence-corrected chi connectivity index (χ1v) is 6.00. The van der Waals surface area contributed by atoms with Crippen molar-refractivity contribution in [2.45, 2.75) is 13.0 Å². The molecule has 0 aliphatic carbocycles. The van der Waals surface area contributed by atoms with E-state index in [1.165, 1.54) is 7.11 Å². The van der Waals surface area contributed by atoms with Crippen molar-refractivity contribution in [2.75, 3.05) is 37.0 Å². The summed E-state index contributed by atoms with van der Waals surface area (Å²) in [5.41, 5.74) is 1.87. The number of carbonyl (C=O) groups excluding carboxylic acids is 1. The van der Waals surface area contributed by atoms with E-state index in [1.807, 2.05) is 24.3 Å². The van der Waals surface area contributed by atoms with Gasteiger partial charge < -0.3 is 14.4 Å². The fourth-order valence-corrected chi connectivity index (χ4v) is 1.98. The van der Waals surface area contributed by atoms with Gasteiger partial charge in [-0.1, -0.05) is 0 Å². The van der Waals surface area contributed by atoms with Crippen molar-refractivity contribution in [3.05, 3.63) is 24.3 Å². The predicted molar refractivity (Wildman–Crippen MR) is 70.1 cm³/mol. The lowest BCUT2D eigenvalue weighted by molar-refractivity contribution is 0.0532. The van der Waals surface area contributed by atoms with Gasteiger partial charge in [-0.3, -0.25) is 5.32 Å². The normalized spacial score (nSPS) is 19.4. The summed E-state index contributed by atoms with van der Waals surface area (Å²) in [7, 11) is 1.35. The predicted octanol–water partition coefficient (Wildman–Crippen LogP) is 2.09. The van der Waals surface area contributed by atoms with Crippen LogP contribution in [-0.4, -0.2) is 39.0 Å². The van der Waals surface area contributed by atoms with Crippen LogP contribution in [0.4, 0.5) is 16.2 Å². The SMILES string of the molecule is COC(=O)Nc1ccc(N2CCOC(C)C2)cc1. The maximum atomic E-state index is 11.1. The van der Waals surface area contributed by atoms with Crippen LogP contribution >= 0.6 is 0 Å². The third kappa shape index (κ3) is 3.13. The number of nitrogens with one attached hydrogen (secondary N) is 1. The first-order valence-electron chi connectivity index (χ1n) is 6.00. The molecule has 1 aromatic rings. The highest BCUT2D eigenvalue weighted by atomic mass is 16.5. The number of methoxy groups -OCH3 is 1. The highest BCUT2D eigenvalue weighted by Crippen LogP contribution is 2.20. The Kier molecular flexibility index (Phi) is 4.04. The largest absolute Gasteiger partial charge is 0.453 e. The Morgan fingerprint density at radius 1 is 1.44 bits per heavy atom. The number of nitrogens with zero attached hydrogens (tertiary/aromatic N) is 1. The summed E-state index contributed by atoms with van der Waals surface area (Å²) in [6.45, 7) is 4.61. The highest BCUT2D eigenvalue weighted by molar-refractivity contribution is 5.84. The van der Waals surface area contributed by atoms with Gasteiger partial charge in [-0.25, -0.2) is 4.79 Å². The van der Waals surface area contributed by atoms with E-state index < -0.39 is 6.09 Å². The molecule has 1 unspecified atom stereocenters. The summed E-state index contributed by atoms with van der Waals surface area (Å²) in [6, 6.07) is 7.71. The fourth-order valence-electron chi connectivity index (χ4n) is 1.98. The molecular weight excluding hydrogens is 232 g/mol. The molecule has 0 saturated carbocycles. The van der Waals surface area contributed by atoms with Gasteiger partial charge in [0.1, 0.15) is 0 Å². The number of hydrogen-bond donors (Lipinski definition) is 1. The summed E-state index contributed by atoms with van der Waals surface area (Å²) < 4.78 is 10.0. The monoisotopic (exact) mass is 250 g/mol. The Labute approximate surface area is 107 Å². The van der Waals surface area contributed by atoms with Crippen molar-refractivity contribution in [3.63, 3.8) is 0 Å². The minimum absolute atomic E-state index is 0.256. The van der Waals surface area contributed by atoms with Crippen molar-refractivity contribution in [3.8, 4) is 0 Å². The zero-order valence-corrected chi connectivity index (χ0v) is 10.7. The molecule has 1 heterocycles. The Balaban J connectivity index is 2.00. The van der Waals surface area contributed by atoms with Gasteiger partial charge in [-0.15, -0.1) is 0 Å². The molecule has 1 aliphatic heterocycles. The van der Waals surface area contributed by atoms with Gasteiger partial charge in [0.05, 0.1) is 19.8 Å². The number of amides is 1. The maximum absolute atomic E-state index is 11.1. The zero-order valence-electron chi connectivity index (χ0n) is 10.7. The molecule has 1 saturated heterocycles. The number of anilines is 2. The lowest BCUT2D eigenvalue weighted by Gasteiger charge is -2.33. The Morgan fingerprint density at radius 3 is 2.78 bits per heavy atom. The number of ether oxygens (including phenoxy) is 2. The summed E-state index contributed by atoms with van der Waals surface area (Å²) in [4.78, 5) is 13.3. The molecule has 2 rings (SSSR count). The molecule has 1 N–H and O–H groups in total. The first-order chi connectivity index (χ1) is 8.69. The average Bonchev–Trinajstić information content (AvgIpc) is 2.39. The fraction of sp³-hybridized carbons (Fsp3) is 0.462. The molecule has 98 valence electrons. The van der Waals surface area contributed by atoms with Crippen LogP contribution < -0.4 is 10.2 Å². The van der Waals surface area contributed by atoms with E-state index in [0.29, 0.717) is 0 Å². The molecule has 1 aromatic carbocycles. The average molecular weight is 250 g/mol. The number of hydrogen-bond acceptors (Lipinski definition) is 4. The molecule has 0 spiro atoms. The van der Waals surface area contributed by atoms with Crippen LogP contribution in [0.25, 0.3) is 0 Å². The number of carbonyl (C=O) groups is 1. The second-order valence-corrected chi connectivity index (χ2v) is 4.29. The second-order valence-electron chi connectivity index (χ2n) is 4.29. The smallest absolute Gasteiger partial charge is 0.411 e. The van der Waals surface area contributed by atoms with Crippen LogP contribution in [0.1, 0.15) is 6.92 Å². The van der Waals surface area contributed by atoms with Crippen molar-refractivity contribution in [2.24, 2.45) is 0 Å². The highest BCUT2D eigenvalue weighted by Gasteiger charge is 2.16. The van der Waals surface area contributed by atoms with Gasteiger partial charge in [0.2, 0.25) is 0 Å². The van der Waals surface area contributed by atoms with Gasteiger partial charge in [0.15, 0.2) is 0 Å².